The molecule has 0 atom stereocenters. The zero-order valence-corrected chi connectivity index (χ0v) is 9.97. The van der Waals surface area contributed by atoms with Crippen molar-refractivity contribution in [3.8, 4) is 0 Å². The number of pyridine rings is 1. The summed E-state index contributed by atoms with van der Waals surface area (Å²) >= 11 is 0. The van der Waals surface area contributed by atoms with E-state index in [1.54, 1.807) is 0 Å². The largest absolute Gasteiger partial charge is 0.336 e. The molecule has 1 aliphatic rings. The van der Waals surface area contributed by atoms with Gasteiger partial charge in [0.15, 0.2) is 0 Å². The normalized spacial score (nSPS) is 20.6. The number of aromatic nitrogens is 1. The molecule has 4 heteroatoms. The second kappa shape index (κ2) is 3.87. The third kappa shape index (κ3) is 1.93. The van der Waals surface area contributed by atoms with Crippen LogP contribution in [0.1, 0.15) is 6.92 Å². The third-order valence-electron chi connectivity index (χ3n) is 3.00. The van der Waals surface area contributed by atoms with E-state index in [1.165, 1.54) is 0 Å². The summed E-state index contributed by atoms with van der Waals surface area (Å²) < 4.78 is 1.85. The fourth-order valence-electron chi connectivity index (χ4n) is 2.15. The molecule has 0 unspecified atom stereocenters. The highest BCUT2D eigenvalue weighted by molar-refractivity contribution is 5.84. The smallest absolute Gasteiger partial charge is 0.256 e. The quantitative estimate of drug-likeness (QED) is 0.686. The first-order valence-corrected chi connectivity index (χ1v) is 5.41. The highest BCUT2D eigenvalue weighted by Crippen LogP contribution is 2.29. The first-order chi connectivity index (χ1) is 7.51. The van der Waals surface area contributed by atoms with Crippen LogP contribution in [0, 0.1) is 5.41 Å². The average molecular weight is 219 g/mol. The highest BCUT2D eigenvalue weighted by Gasteiger charge is 2.43. The molecule has 2 rings (SSSR count). The Labute approximate surface area is 95.2 Å². The van der Waals surface area contributed by atoms with Gasteiger partial charge in [0.05, 0.1) is 5.41 Å². The maximum atomic E-state index is 12.0. The predicted molar refractivity (Wildman–Crippen MR) is 61.6 cm³/mol. The van der Waals surface area contributed by atoms with Gasteiger partial charge in [-0.3, -0.25) is 4.79 Å². The Kier molecular flexibility index (Phi) is 2.68. The SMILES string of the molecule is CN1CC(C)(C(=O)N=c2ccccn2C)C1. The van der Waals surface area contributed by atoms with Gasteiger partial charge in [0, 0.05) is 26.3 Å². The van der Waals surface area contributed by atoms with Gasteiger partial charge in [-0.1, -0.05) is 6.07 Å². The maximum Gasteiger partial charge on any atom is 0.256 e. The number of amides is 1. The van der Waals surface area contributed by atoms with Crippen molar-refractivity contribution in [1.29, 1.82) is 0 Å². The number of rotatable bonds is 1. The van der Waals surface area contributed by atoms with E-state index in [-0.39, 0.29) is 11.3 Å². The molecule has 1 saturated heterocycles. The molecule has 86 valence electrons. The van der Waals surface area contributed by atoms with Crippen molar-refractivity contribution in [1.82, 2.24) is 9.47 Å². The lowest BCUT2D eigenvalue weighted by Crippen LogP contribution is -2.56. The van der Waals surface area contributed by atoms with E-state index in [9.17, 15) is 4.79 Å². The molecule has 0 aliphatic carbocycles. The second-order valence-electron chi connectivity index (χ2n) is 4.82. The number of carbonyl (C=O) groups is 1. The fourth-order valence-corrected chi connectivity index (χ4v) is 2.15. The van der Waals surface area contributed by atoms with E-state index in [4.69, 9.17) is 0 Å². The average Bonchev–Trinajstić information content (AvgIpc) is 2.19. The van der Waals surface area contributed by atoms with Gasteiger partial charge in [0.2, 0.25) is 0 Å². The molecule has 1 aromatic rings. The van der Waals surface area contributed by atoms with E-state index in [0.29, 0.717) is 5.49 Å². The monoisotopic (exact) mass is 219 g/mol. The minimum absolute atomic E-state index is 0.0209. The molecular formula is C12H17N3O. The topological polar surface area (TPSA) is 37.6 Å². The van der Waals surface area contributed by atoms with Gasteiger partial charge in [-0.25, -0.2) is 0 Å². The van der Waals surface area contributed by atoms with Crippen LogP contribution in [-0.2, 0) is 11.8 Å². The Morgan fingerprint density at radius 3 is 2.62 bits per heavy atom. The van der Waals surface area contributed by atoms with Crippen LogP contribution in [0.4, 0.5) is 0 Å². The minimum Gasteiger partial charge on any atom is -0.336 e. The van der Waals surface area contributed by atoms with E-state index >= 15 is 0 Å². The predicted octanol–water partition coefficient (Wildman–Crippen LogP) is 0.404. The summed E-state index contributed by atoms with van der Waals surface area (Å²) in [5.74, 6) is -0.0209. The lowest BCUT2D eigenvalue weighted by atomic mass is 9.82. The van der Waals surface area contributed by atoms with Crippen molar-refractivity contribution in [3.05, 3.63) is 29.9 Å². The van der Waals surface area contributed by atoms with Gasteiger partial charge in [-0.05, 0) is 26.1 Å². The van der Waals surface area contributed by atoms with Crippen molar-refractivity contribution in [2.45, 2.75) is 6.92 Å². The van der Waals surface area contributed by atoms with Gasteiger partial charge in [0.25, 0.3) is 5.91 Å². The molecule has 0 radical (unpaired) electrons. The Bertz CT molecular complexity index is 469. The van der Waals surface area contributed by atoms with Crippen LogP contribution in [0.3, 0.4) is 0 Å². The summed E-state index contributed by atoms with van der Waals surface area (Å²) in [5.41, 5.74) is 0.417. The van der Waals surface area contributed by atoms with E-state index < -0.39 is 0 Å². The van der Waals surface area contributed by atoms with E-state index in [2.05, 4.69) is 9.89 Å². The molecule has 0 bridgehead atoms. The van der Waals surface area contributed by atoms with Gasteiger partial charge in [-0.2, -0.15) is 4.99 Å². The van der Waals surface area contributed by atoms with Crippen LogP contribution >= 0.6 is 0 Å². The van der Waals surface area contributed by atoms with Crippen LogP contribution < -0.4 is 5.49 Å². The lowest BCUT2D eigenvalue weighted by molar-refractivity contribution is -0.135. The van der Waals surface area contributed by atoms with Gasteiger partial charge >= 0.3 is 0 Å². The zero-order chi connectivity index (χ0) is 11.8. The molecule has 0 saturated carbocycles. The van der Waals surface area contributed by atoms with Crippen LogP contribution in [0.15, 0.2) is 29.4 Å². The number of hydrogen-bond donors (Lipinski definition) is 0. The van der Waals surface area contributed by atoms with Crippen LogP contribution in [-0.4, -0.2) is 35.5 Å². The lowest BCUT2D eigenvalue weighted by Gasteiger charge is -2.43. The van der Waals surface area contributed by atoms with Crippen LogP contribution in [0.5, 0.6) is 0 Å². The number of likely N-dealkylation sites (tertiary alicyclic amines) is 1. The molecule has 1 aliphatic heterocycles. The first kappa shape index (κ1) is 11.1. The third-order valence-corrected chi connectivity index (χ3v) is 3.00. The molecule has 0 aromatic carbocycles. The van der Waals surface area contributed by atoms with Gasteiger partial charge in [-0.15, -0.1) is 0 Å². The van der Waals surface area contributed by atoms with Crippen molar-refractivity contribution in [2.75, 3.05) is 20.1 Å². The molecule has 4 nitrogen and oxygen atoms in total. The van der Waals surface area contributed by atoms with E-state index in [0.717, 1.165) is 13.1 Å². The summed E-state index contributed by atoms with van der Waals surface area (Å²) in [5, 5.41) is 0. The molecule has 1 aromatic heterocycles. The molecule has 0 spiro atoms. The van der Waals surface area contributed by atoms with E-state index in [1.807, 2.05) is 50.0 Å². The molecule has 0 N–H and O–H groups in total. The molecule has 1 fully saturated rings. The summed E-state index contributed by atoms with van der Waals surface area (Å²) in [6, 6.07) is 5.66. The Morgan fingerprint density at radius 2 is 2.06 bits per heavy atom. The van der Waals surface area contributed by atoms with Crippen molar-refractivity contribution in [3.63, 3.8) is 0 Å². The molecule has 16 heavy (non-hydrogen) atoms. The Hall–Kier alpha value is -1.42. The van der Waals surface area contributed by atoms with Gasteiger partial charge < -0.3 is 9.47 Å². The van der Waals surface area contributed by atoms with Crippen molar-refractivity contribution in [2.24, 2.45) is 17.5 Å². The van der Waals surface area contributed by atoms with Crippen molar-refractivity contribution < 1.29 is 4.79 Å². The summed E-state index contributed by atoms with van der Waals surface area (Å²) in [6.45, 7) is 3.57. The number of hydrogen-bond acceptors (Lipinski definition) is 2. The maximum absolute atomic E-state index is 12.0. The summed E-state index contributed by atoms with van der Waals surface area (Å²) in [4.78, 5) is 18.3. The van der Waals surface area contributed by atoms with Crippen LogP contribution in [0.2, 0.25) is 0 Å². The Morgan fingerprint density at radius 1 is 1.38 bits per heavy atom. The summed E-state index contributed by atoms with van der Waals surface area (Å²) in [6.07, 6.45) is 1.89. The second-order valence-corrected chi connectivity index (χ2v) is 4.82. The zero-order valence-electron chi connectivity index (χ0n) is 9.97. The van der Waals surface area contributed by atoms with Crippen LogP contribution in [0.25, 0.3) is 0 Å². The molecular weight excluding hydrogens is 202 g/mol. The molecule has 1 amide bonds. The summed E-state index contributed by atoms with van der Waals surface area (Å²) in [7, 11) is 3.90. The molecule has 2 heterocycles. The first-order valence-electron chi connectivity index (χ1n) is 5.41. The van der Waals surface area contributed by atoms with Gasteiger partial charge in [0.1, 0.15) is 5.49 Å². The highest BCUT2D eigenvalue weighted by atomic mass is 16.1. The fraction of sp³-hybridized carbons (Fsp3) is 0.500. The minimum atomic E-state index is -0.294. The number of nitrogens with zero attached hydrogens (tertiary/aromatic N) is 3. The number of carbonyl (C=O) groups excluding carboxylic acids is 1. The Balaban J connectivity index is 2.25. The number of aryl methyl sites for hydroxylation is 1. The standard InChI is InChI=1S/C12H17N3O/c1-12(8-14(2)9-12)11(16)13-10-6-4-5-7-15(10)3/h4-7H,8-9H2,1-3H3. The van der Waals surface area contributed by atoms with Crippen molar-refractivity contribution >= 4 is 5.91 Å².